The van der Waals surface area contributed by atoms with Gasteiger partial charge in [0.2, 0.25) is 0 Å². The third-order valence-corrected chi connectivity index (χ3v) is 9.84. The molecule has 0 aliphatic rings. The highest BCUT2D eigenvalue weighted by atomic mass is 32.1. The molecule has 0 aliphatic carbocycles. The highest BCUT2D eigenvalue weighted by Gasteiger charge is 2.29. The SMILES string of the molecule is c1ccc(Oc2ccccc2-c2sc3ccsc3c2-c2c(Oc3ccccc3)c(Oc3ccccc3)cc3nsnc23)cc1. The number of fused-ring (bicyclic) bond motifs is 2. The zero-order valence-corrected chi connectivity index (χ0v) is 25.5. The molecule has 0 saturated heterocycles. The first kappa shape index (κ1) is 26.6. The molecule has 0 N–H and O–H groups in total. The number of hydrogen-bond donors (Lipinski definition) is 0. The van der Waals surface area contributed by atoms with E-state index < -0.39 is 0 Å². The van der Waals surface area contributed by atoms with E-state index in [4.69, 9.17) is 18.6 Å². The lowest BCUT2D eigenvalue weighted by Gasteiger charge is -2.18. The van der Waals surface area contributed by atoms with Gasteiger partial charge in [-0.3, -0.25) is 0 Å². The van der Waals surface area contributed by atoms with E-state index in [0.717, 1.165) is 48.8 Å². The van der Waals surface area contributed by atoms with Gasteiger partial charge in [0, 0.05) is 26.8 Å². The first-order valence-corrected chi connectivity index (χ1v) is 16.3. The third kappa shape index (κ3) is 4.99. The molecule has 0 aliphatic heterocycles. The smallest absolute Gasteiger partial charge is 0.180 e. The monoisotopic (exact) mass is 626 g/mol. The summed E-state index contributed by atoms with van der Waals surface area (Å²) in [5.74, 6) is 4.08. The van der Waals surface area contributed by atoms with Crippen molar-refractivity contribution in [2.24, 2.45) is 0 Å². The Bertz CT molecular complexity index is 2210. The number of benzene rings is 5. The average molecular weight is 627 g/mol. The van der Waals surface area contributed by atoms with Crippen LogP contribution in [0.2, 0.25) is 0 Å². The first-order valence-electron chi connectivity index (χ1n) is 13.9. The summed E-state index contributed by atoms with van der Waals surface area (Å²) in [5.41, 5.74) is 4.34. The van der Waals surface area contributed by atoms with Crippen LogP contribution in [-0.4, -0.2) is 8.75 Å². The Morgan fingerprint density at radius 1 is 0.545 bits per heavy atom. The topological polar surface area (TPSA) is 53.5 Å². The molecular formula is C36H22N2O3S3. The second kappa shape index (κ2) is 11.6. The van der Waals surface area contributed by atoms with Gasteiger partial charge in [-0.2, -0.15) is 8.75 Å². The third-order valence-electron chi connectivity index (χ3n) is 7.05. The van der Waals surface area contributed by atoms with E-state index in [9.17, 15) is 0 Å². The Labute approximate surface area is 265 Å². The molecule has 3 aromatic heterocycles. The normalized spacial score (nSPS) is 11.2. The molecule has 5 aromatic carbocycles. The largest absolute Gasteiger partial charge is 0.457 e. The van der Waals surface area contributed by atoms with E-state index in [0.29, 0.717) is 23.0 Å². The Morgan fingerprint density at radius 3 is 1.86 bits per heavy atom. The Morgan fingerprint density at radius 2 is 1.16 bits per heavy atom. The van der Waals surface area contributed by atoms with Gasteiger partial charge in [0.15, 0.2) is 11.5 Å². The van der Waals surface area contributed by atoms with E-state index in [1.54, 1.807) is 22.7 Å². The van der Waals surface area contributed by atoms with Gasteiger partial charge in [0.05, 0.1) is 22.0 Å². The van der Waals surface area contributed by atoms with Crippen molar-refractivity contribution in [3.63, 3.8) is 0 Å². The lowest BCUT2D eigenvalue weighted by molar-refractivity contribution is 0.421. The van der Waals surface area contributed by atoms with Crippen LogP contribution in [0.15, 0.2) is 133 Å². The standard InChI is InChI=1S/C36H22N2O3S3/c1-4-12-23(13-5-1)39-28-19-11-10-18-26(28)35-32(36-30(43-35)20-21-42-36)31-33-27(37-44-38-33)22-29(40-24-14-6-2-7-15-24)34(31)41-25-16-8-3-9-17-25/h1-22H. The van der Waals surface area contributed by atoms with Gasteiger partial charge in [-0.1, -0.05) is 66.7 Å². The van der Waals surface area contributed by atoms with Gasteiger partial charge in [0.25, 0.3) is 0 Å². The molecule has 0 bridgehead atoms. The fraction of sp³-hybridized carbons (Fsp3) is 0. The maximum atomic E-state index is 6.75. The van der Waals surface area contributed by atoms with Gasteiger partial charge >= 0.3 is 0 Å². The number of nitrogens with zero attached hydrogens (tertiary/aromatic N) is 2. The fourth-order valence-electron chi connectivity index (χ4n) is 5.11. The Balaban J connectivity index is 1.40. The molecule has 0 atom stereocenters. The van der Waals surface area contributed by atoms with Crippen molar-refractivity contribution < 1.29 is 14.2 Å². The van der Waals surface area contributed by atoms with E-state index >= 15 is 0 Å². The van der Waals surface area contributed by atoms with Crippen LogP contribution in [0.25, 0.3) is 42.0 Å². The molecule has 0 saturated carbocycles. The minimum Gasteiger partial charge on any atom is -0.457 e. The lowest BCUT2D eigenvalue weighted by atomic mass is 9.98. The second-order valence-electron chi connectivity index (χ2n) is 9.87. The van der Waals surface area contributed by atoms with Gasteiger partial charge in [-0.05, 0) is 60.0 Å². The number of ether oxygens (including phenoxy) is 3. The molecule has 8 rings (SSSR count). The van der Waals surface area contributed by atoms with E-state index in [-0.39, 0.29) is 0 Å². The number of thiophene rings is 2. The number of para-hydroxylation sites is 4. The first-order chi connectivity index (χ1) is 21.8. The maximum absolute atomic E-state index is 6.75. The van der Waals surface area contributed by atoms with Crippen LogP contribution in [0.4, 0.5) is 0 Å². The van der Waals surface area contributed by atoms with Crippen molar-refractivity contribution in [3.8, 4) is 56.1 Å². The highest BCUT2D eigenvalue weighted by Crippen LogP contribution is 2.56. The summed E-state index contributed by atoms with van der Waals surface area (Å²) in [6.45, 7) is 0. The molecule has 0 fully saturated rings. The highest BCUT2D eigenvalue weighted by molar-refractivity contribution is 7.30. The summed E-state index contributed by atoms with van der Waals surface area (Å²) in [5, 5.41) is 2.12. The Kier molecular flexibility index (Phi) is 7.00. The van der Waals surface area contributed by atoms with Crippen LogP contribution >= 0.6 is 34.4 Å². The molecule has 212 valence electrons. The minimum atomic E-state index is 0.561. The van der Waals surface area contributed by atoms with Crippen LogP contribution in [0.5, 0.6) is 34.5 Å². The van der Waals surface area contributed by atoms with Crippen LogP contribution in [0.3, 0.4) is 0 Å². The van der Waals surface area contributed by atoms with E-state index in [1.807, 2.05) is 115 Å². The number of hydrogen-bond acceptors (Lipinski definition) is 8. The quantitative estimate of drug-likeness (QED) is 0.168. The van der Waals surface area contributed by atoms with Crippen LogP contribution in [0.1, 0.15) is 0 Å². The van der Waals surface area contributed by atoms with Crippen LogP contribution < -0.4 is 14.2 Å². The molecule has 8 aromatic rings. The molecule has 0 amide bonds. The summed E-state index contributed by atoms with van der Waals surface area (Å²) in [6, 6.07) is 41.6. The zero-order chi connectivity index (χ0) is 29.3. The molecule has 8 heteroatoms. The number of rotatable bonds is 8. The van der Waals surface area contributed by atoms with Crippen molar-refractivity contribution in [2.45, 2.75) is 0 Å². The van der Waals surface area contributed by atoms with Crippen LogP contribution in [-0.2, 0) is 0 Å². The van der Waals surface area contributed by atoms with Crippen molar-refractivity contribution >= 4 is 54.8 Å². The summed E-state index contributed by atoms with van der Waals surface area (Å²) in [7, 11) is 0. The van der Waals surface area contributed by atoms with Crippen molar-refractivity contribution in [3.05, 3.63) is 133 Å². The molecule has 5 nitrogen and oxygen atoms in total. The van der Waals surface area contributed by atoms with E-state index in [1.165, 1.54) is 16.4 Å². The maximum Gasteiger partial charge on any atom is 0.180 e. The predicted octanol–water partition coefficient (Wildman–Crippen LogP) is 11.7. The molecule has 3 heterocycles. The number of aromatic nitrogens is 2. The Hall–Kier alpha value is -5.02. The average Bonchev–Trinajstić information content (AvgIpc) is 3.80. The molecular weight excluding hydrogens is 605 g/mol. The summed E-state index contributed by atoms with van der Waals surface area (Å²) < 4.78 is 31.5. The van der Waals surface area contributed by atoms with Crippen LogP contribution in [0, 0.1) is 0 Å². The summed E-state index contributed by atoms with van der Waals surface area (Å²) in [4.78, 5) is 1.06. The molecule has 0 unspecified atom stereocenters. The van der Waals surface area contributed by atoms with Crippen molar-refractivity contribution in [1.29, 1.82) is 0 Å². The minimum absolute atomic E-state index is 0.561. The lowest BCUT2D eigenvalue weighted by Crippen LogP contribution is -1.96. The van der Waals surface area contributed by atoms with Crippen molar-refractivity contribution in [2.75, 3.05) is 0 Å². The predicted molar refractivity (Wildman–Crippen MR) is 181 cm³/mol. The zero-order valence-electron chi connectivity index (χ0n) is 23.0. The fourth-order valence-corrected chi connectivity index (χ4v) is 8.05. The molecule has 0 spiro atoms. The van der Waals surface area contributed by atoms with Gasteiger partial charge in [-0.25, -0.2) is 0 Å². The van der Waals surface area contributed by atoms with Gasteiger partial charge in [-0.15, -0.1) is 22.7 Å². The van der Waals surface area contributed by atoms with E-state index in [2.05, 4.69) is 21.9 Å². The summed E-state index contributed by atoms with van der Waals surface area (Å²) in [6.07, 6.45) is 0. The second-order valence-corrected chi connectivity index (χ2v) is 12.4. The van der Waals surface area contributed by atoms with Gasteiger partial charge < -0.3 is 14.2 Å². The molecule has 0 radical (unpaired) electrons. The molecule has 44 heavy (non-hydrogen) atoms. The summed E-state index contributed by atoms with van der Waals surface area (Å²) >= 11 is 4.61. The van der Waals surface area contributed by atoms with Gasteiger partial charge in [0.1, 0.15) is 34.0 Å². The van der Waals surface area contributed by atoms with Crippen molar-refractivity contribution in [1.82, 2.24) is 8.75 Å².